The molecule has 0 heterocycles. The van der Waals surface area contributed by atoms with Crippen LogP contribution in [0.1, 0.15) is 28.2 Å². The highest BCUT2D eigenvalue weighted by molar-refractivity contribution is 6.33. The van der Waals surface area contributed by atoms with Crippen molar-refractivity contribution in [2.75, 3.05) is 20.8 Å². The third kappa shape index (κ3) is 3.80. The van der Waals surface area contributed by atoms with Crippen molar-refractivity contribution in [2.45, 2.75) is 26.2 Å². The van der Waals surface area contributed by atoms with Crippen LogP contribution in [0.15, 0.2) is 30.3 Å². The van der Waals surface area contributed by atoms with Crippen LogP contribution in [0, 0.1) is 13.8 Å². The van der Waals surface area contributed by atoms with E-state index in [1.54, 1.807) is 14.2 Å². The van der Waals surface area contributed by atoms with Crippen LogP contribution in [0.2, 0.25) is 5.02 Å². The average Bonchev–Trinajstić information content (AvgIpc) is 2.56. The first-order chi connectivity index (χ1) is 11.0. The molecule has 2 aromatic carbocycles. The van der Waals surface area contributed by atoms with Gasteiger partial charge in [-0.1, -0.05) is 35.9 Å². The molecule has 0 aliphatic rings. The predicted octanol–water partition coefficient (Wildman–Crippen LogP) is 4.26. The van der Waals surface area contributed by atoms with E-state index in [2.05, 4.69) is 32.0 Å². The molecule has 0 bridgehead atoms. The normalized spacial score (nSPS) is 12.1. The van der Waals surface area contributed by atoms with Crippen LogP contribution in [0.25, 0.3) is 0 Å². The first kappa shape index (κ1) is 17.6. The SMILES string of the molecule is COc1ccc(CC(CN)c2ccc(C)c(C)c2)c(Cl)c1OC. The lowest BCUT2D eigenvalue weighted by Crippen LogP contribution is -2.15. The number of benzene rings is 2. The molecule has 3 nitrogen and oxygen atoms in total. The summed E-state index contributed by atoms with van der Waals surface area (Å²) in [5.41, 5.74) is 10.8. The van der Waals surface area contributed by atoms with Gasteiger partial charge in [0, 0.05) is 5.92 Å². The number of nitrogens with two attached hydrogens (primary N) is 1. The topological polar surface area (TPSA) is 44.5 Å². The molecule has 0 amide bonds. The number of rotatable bonds is 6. The van der Waals surface area contributed by atoms with Crippen molar-refractivity contribution < 1.29 is 9.47 Å². The summed E-state index contributed by atoms with van der Waals surface area (Å²) in [6.45, 7) is 4.80. The van der Waals surface area contributed by atoms with Crippen LogP contribution in [0.4, 0.5) is 0 Å². The van der Waals surface area contributed by atoms with Crippen LogP contribution in [-0.2, 0) is 6.42 Å². The summed E-state index contributed by atoms with van der Waals surface area (Å²) in [7, 11) is 3.20. The highest BCUT2D eigenvalue weighted by Crippen LogP contribution is 2.39. The Balaban J connectivity index is 2.33. The Morgan fingerprint density at radius 3 is 2.35 bits per heavy atom. The number of halogens is 1. The van der Waals surface area contributed by atoms with Crippen molar-refractivity contribution in [1.29, 1.82) is 0 Å². The minimum atomic E-state index is 0.213. The van der Waals surface area contributed by atoms with E-state index in [9.17, 15) is 0 Å². The second-order valence-corrected chi connectivity index (χ2v) is 6.13. The number of ether oxygens (including phenoxy) is 2. The second-order valence-electron chi connectivity index (χ2n) is 5.75. The number of hydrogen-bond donors (Lipinski definition) is 1. The Morgan fingerprint density at radius 2 is 1.78 bits per heavy atom. The quantitative estimate of drug-likeness (QED) is 0.859. The third-order valence-electron chi connectivity index (χ3n) is 4.32. The van der Waals surface area contributed by atoms with Gasteiger partial charge in [0.15, 0.2) is 11.5 Å². The number of hydrogen-bond acceptors (Lipinski definition) is 3. The van der Waals surface area contributed by atoms with Crippen LogP contribution in [-0.4, -0.2) is 20.8 Å². The zero-order valence-electron chi connectivity index (χ0n) is 14.2. The monoisotopic (exact) mass is 333 g/mol. The number of methoxy groups -OCH3 is 2. The molecule has 0 saturated heterocycles. The van der Waals surface area contributed by atoms with Crippen LogP contribution in [0.3, 0.4) is 0 Å². The molecule has 1 atom stereocenters. The maximum absolute atomic E-state index is 6.49. The molecular formula is C19H24ClNO2. The van der Waals surface area contributed by atoms with Crippen molar-refractivity contribution in [3.05, 3.63) is 57.6 Å². The minimum Gasteiger partial charge on any atom is -0.493 e. The molecule has 0 aromatic heterocycles. The Kier molecular flexibility index (Phi) is 5.91. The number of aryl methyl sites for hydroxylation is 2. The Bertz CT molecular complexity index is 685. The fraction of sp³-hybridized carbons (Fsp3) is 0.368. The lowest BCUT2D eigenvalue weighted by molar-refractivity contribution is 0.354. The molecular weight excluding hydrogens is 310 g/mol. The smallest absolute Gasteiger partial charge is 0.179 e. The van der Waals surface area contributed by atoms with Gasteiger partial charge in [-0.3, -0.25) is 0 Å². The summed E-state index contributed by atoms with van der Waals surface area (Å²) in [5, 5.41) is 0.592. The standard InChI is InChI=1S/C19H24ClNO2/c1-12-5-6-14(9-13(12)2)16(11-21)10-15-7-8-17(22-3)19(23-4)18(15)20/h5-9,16H,10-11,21H2,1-4H3. The zero-order valence-corrected chi connectivity index (χ0v) is 14.9. The van der Waals surface area contributed by atoms with Crippen LogP contribution in [0.5, 0.6) is 11.5 Å². The molecule has 0 aliphatic heterocycles. The van der Waals surface area contributed by atoms with Gasteiger partial charge in [-0.05, 0) is 55.1 Å². The van der Waals surface area contributed by atoms with E-state index in [0.717, 1.165) is 12.0 Å². The molecule has 2 aromatic rings. The van der Waals surface area contributed by atoms with Crippen molar-refractivity contribution >= 4 is 11.6 Å². The molecule has 23 heavy (non-hydrogen) atoms. The Labute approximate surface area is 143 Å². The molecule has 1 unspecified atom stereocenters. The summed E-state index contributed by atoms with van der Waals surface area (Å²) in [6.07, 6.45) is 0.762. The van der Waals surface area contributed by atoms with Crippen LogP contribution >= 0.6 is 11.6 Å². The van der Waals surface area contributed by atoms with Gasteiger partial charge in [0.05, 0.1) is 19.2 Å². The molecule has 0 saturated carbocycles. The molecule has 0 radical (unpaired) electrons. The van der Waals surface area contributed by atoms with Crippen molar-refractivity contribution in [3.8, 4) is 11.5 Å². The van der Waals surface area contributed by atoms with Crippen LogP contribution < -0.4 is 15.2 Å². The summed E-state index contributed by atoms with van der Waals surface area (Å²) in [6, 6.07) is 10.4. The van der Waals surface area contributed by atoms with Gasteiger partial charge in [-0.15, -0.1) is 0 Å². The molecule has 0 fully saturated rings. The van der Waals surface area contributed by atoms with Gasteiger partial charge < -0.3 is 15.2 Å². The summed E-state index contributed by atoms with van der Waals surface area (Å²) < 4.78 is 10.7. The van der Waals surface area contributed by atoms with Gasteiger partial charge in [-0.25, -0.2) is 0 Å². The first-order valence-electron chi connectivity index (χ1n) is 7.68. The van der Waals surface area contributed by atoms with Crippen molar-refractivity contribution in [3.63, 3.8) is 0 Å². The Hall–Kier alpha value is -1.71. The summed E-state index contributed by atoms with van der Waals surface area (Å²) >= 11 is 6.49. The van der Waals surface area contributed by atoms with Gasteiger partial charge in [0.1, 0.15) is 0 Å². The minimum absolute atomic E-state index is 0.213. The molecule has 124 valence electrons. The molecule has 0 spiro atoms. The average molecular weight is 334 g/mol. The van der Waals surface area contributed by atoms with Gasteiger partial charge in [-0.2, -0.15) is 0 Å². The maximum atomic E-state index is 6.49. The first-order valence-corrected chi connectivity index (χ1v) is 8.06. The summed E-state index contributed by atoms with van der Waals surface area (Å²) in [4.78, 5) is 0. The predicted molar refractivity (Wildman–Crippen MR) is 96.0 cm³/mol. The lowest BCUT2D eigenvalue weighted by Gasteiger charge is -2.19. The molecule has 4 heteroatoms. The van der Waals surface area contributed by atoms with E-state index >= 15 is 0 Å². The van der Waals surface area contributed by atoms with E-state index in [1.807, 2.05) is 12.1 Å². The van der Waals surface area contributed by atoms with E-state index < -0.39 is 0 Å². The highest BCUT2D eigenvalue weighted by atomic mass is 35.5. The van der Waals surface area contributed by atoms with E-state index in [1.165, 1.54) is 16.7 Å². The van der Waals surface area contributed by atoms with Gasteiger partial charge in [0.2, 0.25) is 0 Å². The fourth-order valence-corrected chi connectivity index (χ4v) is 3.02. The summed E-state index contributed by atoms with van der Waals surface area (Å²) in [5.74, 6) is 1.42. The second kappa shape index (κ2) is 7.71. The van der Waals surface area contributed by atoms with E-state index in [4.69, 9.17) is 26.8 Å². The maximum Gasteiger partial charge on any atom is 0.179 e. The van der Waals surface area contributed by atoms with Gasteiger partial charge in [0.25, 0.3) is 0 Å². The fourth-order valence-electron chi connectivity index (χ4n) is 2.71. The van der Waals surface area contributed by atoms with Gasteiger partial charge >= 0.3 is 0 Å². The highest BCUT2D eigenvalue weighted by Gasteiger charge is 2.18. The lowest BCUT2D eigenvalue weighted by atomic mass is 9.90. The largest absolute Gasteiger partial charge is 0.493 e. The molecule has 2 N–H and O–H groups in total. The van der Waals surface area contributed by atoms with E-state index in [0.29, 0.717) is 23.1 Å². The molecule has 2 rings (SSSR count). The van der Waals surface area contributed by atoms with Crippen molar-refractivity contribution in [2.24, 2.45) is 5.73 Å². The molecule has 0 aliphatic carbocycles. The third-order valence-corrected chi connectivity index (χ3v) is 4.73. The Morgan fingerprint density at radius 1 is 1.04 bits per heavy atom. The van der Waals surface area contributed by atoms with Crippen molar-refractivity contribution in [1.82, 2.24) is 0 Å². The zero-order chi connectivity index (χ0) is 17.0. The van der Waals surface area contributed by atoms with E-state index in [-0.39, 0.29) is 5.92 Å².